The van der Waals surface area contributed by atoms with E-state index in [1.54, 1.807) is 12.3 Å². The number of carbonyl (C=O) groups is 1. The second-order valence-corrected chi connectivity index (χ2v) is 6.22. The Morgan fingerprint density at radius 2 is 2.17 bits per heavy atom. The summed E-state index contributed by atoms with van der Waals surface area (Å²) in [6.07, 6.45) is 6.83. The number of aliphatic hydroxyl groups excluding tert-OH is 1. The summed E-state index contributed by atoms with van der Waals surface area (Å²) in [6.45, 7) is 1.94. The monoisotopic (exact) mass is 315 g/mol. The first-order chi connectivity index (χ1) is 11.1. The SMILES string of the molecule is Cc1ccc2ncc(C(=O)NC3CCCCC3CO)c(=O)n2c1. The molecule has 122 valence electrons. The molecular weight excluding hydrogens is 294 g/mol. The van der Waals surface area contributed by atoms with Gasteiger partial charge in [0.2, 0.25) is 0 Å². The molecule has 2 aromatic rings. The first kappa shape index (κ1) is 15.7. The van der Waals surface area contributed by atoms with Gasteiger partial charge in [-0.2, -0.15) is 0 Å². The van der Waals surface area contributed by atoms with E-state index in [4.69, 9.17) is 0 Å². The Hall–Kier alpha value is -2.21. The fourth-order valence-corrected chi connectivity index (χ4v) is 3.20. The minimum absolute atomic E-state index is 0.0374. The zero-order chi connectivity index (χ0) is 16.4. The molecule has 23 heavy (non-hydrogen) atoms. The third-order valence-corrected chi connectivity index (χ3v) is 4.55. The highest BCUT2D eigenvalue weighted by molar-refractivity contribution is 5.94. The van der Waals surface area contributed by atoms with Crippen LogP contribution in [0, 0.1) is 12.8 Å². The third kappa shape index (κ3) is 3.12. The summed E-state index contributed by atoms with van der Waals surface area (Å²) in [5.41, 5.74) is 1.11. The van der Waals surface area contributed by atoms with Gasteiger partial charge < -0.3 is 10.4 Å². The van der Waals surface area contributed by atoms with Gasteiger partial charge in [0.15, 0.2) is 0 Å². The number of nitrogens with one attached hydrogen (secondary N) is 1. The Bertz CT molecular complexity index is 784. The quantitative estimate of drug-likeness (QED) is 0.894. The van der Waals surface area contributed by atoms with E-state index in [2.05, 4.69) is 10.3 Å². The molecule has 2 unspecified atom stereocenters. The number of aryl methyl sites for hydroxylation is 1. The zero-order valence-corrected chi connectivity index (χ0v) is 13.2. The largest absolute Gasteiger partial charge is 0.396 e. The normalized spacial score (nSPS) is 21.3. The van der Waals surface area contributed by atoms with E-state index in [1.807, 2.05) is 13.0 Å². The van der Waals surface area contributed by atoms with E-state index in [9.17, 15) is 14.7 Å². The van der Waals surface area contributed by atoms with Crippen LogP contribution in [0.2, 0.25) is 0 Å². The van der Waals surface area contributed by atoms with Gasteiger partial charge in [0.1, 0.15) is 11.2 Å². The molecule has 1 amide bonds. The van der Waals surface area contributed by atoms with Crippen molar-refractivity contribution in [3.8, 4) is 0 Å². The van der Waals surface area contributed by atoms with Gasteiger partial charge in [-0.25, -0.2) is 4.98 Å². The van der Waals surface area contributed by atoms with E-state index in [0.29, 0.717) is 5.65 Å². The predicted octanol–water partition coefficient (Wildman–Crippen LogP) is 1.28. The van der Waals surface area contributed by atoms with Crippen LogP contribution in [0.3, 0.4) is 0 Å². The summed E-state index contributed by atoms with van der Waals surface area (Å²) in [4.78, 5) is 29.2. The average molecular weight is 315 g/mol. The summed E-state index contributed by atoms with van der Waals surface area (Å²) >= 11 is 0. The smallest absolute Gasteiger partial charge is 0.270 e. The fraction of sp³-hybridized carbons (Fsp3) is 0.471. The molecule has 0 bridgehead atoms. The van der Waals surface area contributed by atoms with Crippen LogP contribution in [0.4, 0.5) is 0 Å². The van der Waals surface area contributed by atoms with Crippen LogP contribution in [0.25, 0.3) is 5.65 Å². The molecule has 2 N–H and O–H groups in total. The maximum absolute atomic E-state index is 12.5. The molecule has 1 fully saturated rings. The molecule has 0 aromatic carbocycles. The molecule has 1 aliphatic carbocycles. The Morgan fingerprint density at radius 1 is 1.39 bits per heavy atom. The minimum atomic E-state index is -0.413. The highest BCUT2D eigenvalue weighted by Crippen LogP contribution is 2.24. The van der Waals surface area contributed by atoms with Crippen molar-refractivity contribution in [3.05, 3.63) is 46.0 Å². The van der Waals surface area contributed by atoms with E-state index in [-0.39, 0.29) is 29.7 Å². The number of nitrogens with zero attached hydrogens (tertiary/aromatic N) is 2. The van der Waals surface area contributed by atoms with Gasteiger partial charge in [-0.05, 0) is 31.4 Å². The van der Waals surface area contributed by atoms with Crippen LogP contribution < -0.4 is 10.9 Å². The van der Waals surface area contributed by atoms with Crippen LogP contribution in [0.5, 0.6) is 0 Å². The topological polar surface area (TPSA) is 83.7 Å². The number of aromatic nitrogens is 2. The molecule has 3 rings (SSSR count). The maximum Gasteiger partial charge on any atom is 0.270 e. The highest BCUT2D eigenvalue weighted by Gasteiger charge is 2.27. The number of hydrogen-bond acceptors (Lipinski definition) is 4. The second kappa shape index (κ2) is 6.50. The first-order valence-corrected chi connectivity index (χ1v) is 8.00. The number of pyridine rings is 1. The van der Waals surface area contributed by atoms with Crippen LogP contribution in [0.15, 0.2) is 29.3 Å². The summed E-state index contributed by atoms with van der Waals surface area (Å²) in [5.74, 6) is -0.352. The molecule has 0 spiro atoms. The zero-order valence-electron chi connectivity index (χ0n) is 13.2. The van der Waals surface area contributed by atoms with Crippen molar-refractivity contribution in [3.63, 3.8) is 0 Å². The van der Waals surface area contributed by atoms with Crippen molar-refractivity contribution in [1.82, 2.24) is 14.7 Å². The summed E-state index contributed by atoms with van der Waals surface area (Å²) < 4.78 is 1.40. The lowest BCUT2D eigenvalue weighted by atomic mass is 9.85. The number of rotatable bonds is 3. The lowest BCUT2D eigenvalue weighted by Gasteiger charge is -2.30. The van der Waals surface area contributed by atoms with E-state index in [0.717, 1.165) is 31.2 Å². The van der Waals surface area contributed by atoms with Crippen LogP contribution in [-0.4, -0.2) is 33.0 Å². The number of hydrogen-bond donors (Lipinski definition) is 2. The van der Waals surface area contributed by atoms with Crippen molar-refractivity contribution >= 4 is 11.6 Å². The molecule has 0 radical (unpaired) electrons. The van der Waals surface area contributed by atoms with Crippen LogP contribution in [0.1, 0.15) is 41.6 Å². The fourth-order valence-electron chi connectivity index (χ4n) is 3.20. The molecule has 2 atom stereocenters. The summed E-state index contributed by atoms with van der Waals surface area (Å²) in [6, 6.07) is 3.54. The van der Waals surface area contributed by atoms with Crippen molar-refractivity contribution in [2.24, 2.45) is 5.92 Å². The Morgan fingerprint density at radius 3 is 2.96 bits per heavy atom. The Labute approximate surface area is 134 Å². The molecule has 6 heteroatoms. The Kier molecular flexibility index (Phi) is 4.43. The van der Waals surface area contributed by atoms with Crippen LogP contribution >= 0.6 is 0 Å². The minimum Gasteiger partial charge on any atom is -0.396 e. The molecule has 2 aromatic heterocycles. The predicted molar refractivity (Wildman–Crippen MR) is 86.5 cm³/mol. The lowest BCUT2D eigenvalue weighted by molar-refractivity contribution is 0.0870. The van der Waals surface area contributed by atoms with Crippen molar-refractivity contribution in [2.75, 3.05) is 6.61 Å². The Balaban J connectivity index is 1.89. The van der Waals surface area contributed by atoms with Gasteiger partial charge >= 0.3 is 0 Å². The van der Waals surface area contributed by atoms with Crippen molar-refractivity contribution in [2.45, 2.75) is 38.6 Å². The average Bonchev–Trinajstić information content (AvgIpc) is 2.56. The second-order valence-electron chi connectivity index (χ2n) is 6.22. The van der Waals surface area contributed by atoms with E-state index < -0.39 is 5.91 Å². The molecule has 1 saturated carbocycles. The number of carbonyl (C=O) groups excluding carboxylic acids is 1. The van der Waals surface area contributed by atoms with Crippen molar-refractivity contribution in [1.29, 1.82) is 0 Å². The van der Waals surface area contributed by atoms with Gasteiger partial charge in [-0.1, -0.05) is 18.9 Å². The highest BCUT2D eigenvalue weighted by atomic mass is 16.3. The standard InChI is InChI=1S/C17H21N3O3/c1-11-6-7-15-18-8-13(17(23)20(15)9-11)16(22)19-14-5-3-2-4-12(14)10-21/h6-9,12,14,21H,2-5,10H2,1H3,(H,19,22). The number of amides is 1. The molecule has 0 saturated heterocycles. The maximum atomic E-state index is 12.5. The molecule has 1 aliphatic rings. The van der Waals surface area contributed by atoms with Gasteiger partial charge in [0.25, 0.3) is 11.5 Å². The lowest BCUT2D eigenvalue weighted by Crippen LogP contribution is -2.45. The first-order valence-electron chi connectivity index (χ1n) is 8.00. The molecule has 2 heterocycles. The van der Waals surface area contributed by atoms with Crippen molar-refractivity contribution < 1.29 is 9.90 Å². The number of fused-ring (bicyclic) bond motifs is 1. The van der Waals surface area contributed by atoms with Gasteiger partial charge in [-0.3, -0.25) is 14.0 Å². The molecule has 0 aliphatic heterocycles. The number of aliphatic hydroxyl groups is 1. The van der Waals surface area contributed by atoms with Gasteiger partial charge in [0.05, 0.1) is 0 Å². The molecular formula is C17H21N3O3. The van der Waals surface area contributed by atoms with Gasteiger partial charge in [0, 0.05) is 31.0 Å². The van der Waals surface area contributed by atoms with Gasteiger partial charge in [-0.15, -0.1) is 0 Å². The van der Waals surface area contributed by atoms with Crippen LogP contribution in [-0.2, 0) is 0 Å². The summed E-state index contributed by atoms with van der Waals surface area (Å²) in [5, 5.41) is 12.3. The van der Waals surface area contributed by atoms with E-state index >= 15 is 0 Å². The summed E-state index contributed by atoms with van der Waals surface area (Å²) in [7, 11) is 0. The molecule has 6 nitrogen and oxygen atoms in total. The third-order valence-electron chi connectivity index (χ3n) is 4.55. The van der Waals surface area contributed by atoms with E-state index in [1.165, 1.54) is 10.6 Å².